The van der Waals surface area contributed by atoms with Gasteiger partial charge in [0.05, 0.1) is 18.0 Å². The highest BCUT2D eigenvalue weighted by molar-refractivity contribution is 7.89. The van der Waals surface area contributed by atoms with Crippen molar-refractivity contribution in [1.29, 1.82) is 0 Å². The van der Waals surface area contributed by atoms with Crippen LogP contribution in [0, 0.1) is 0 Å². The number of nitrogens with one attached hydrogen (secondary N) is 1. The van der Waals surface area contributed by atoms with E-state index < -0.39 is 36.1 Å². The van der Waals surface area contributed by atoms with Gasteiger partial charge in [-0.05, 0) is 24.3 Å². The molecule has 0 heterocycles. The lowest BCUT2D eigenvalue weighted by molar-refractivity contribution is -0.114. The number of hydrogen-bond acceptors (Lipinski definition) is 4. The van der Waals surface area contributed by atoms with Gasteiger partial charge in [0.1, 0.15) is 0 Å². The monoisotopic (exact) mass is 322 g/mol. The molecular formula is C12H16F2N2O4S. The maximum absolute atomic E-state index is 12.4. The minimum atomic E-state index is -4.12. The van der Waals surface area contributed by atoms with Gasteiger partial charge in [-0.2, -0.15) is 4.31 Å². The normalized spacial score (nSPS) is 11.9. The van der Waals surface area contributed by atoms with Gasteiger partial charge in [0, 0.05) is 19.2 Å². The summed E-state index contributed by atoms with van der Waals surface area (Å²) in [5.74, 6) is -0.315. The highest BCUT2D eigenvalue weighted by atomic mass is 32.2. The maximum atomic E-state index is 12.4. The van der Waals surface area contributed by atoms with Gasteiger partial charge in [-0.3, -0.25) is 4.79 Å². The summed E-state index contributed by atoms with van der Waals surface area (Å²) in [7, 11) is -4.12. The van der Waals surface area contributed by atoms with Crippen LogP contribution in [0.15, 0.2) is 29.2 Å². The quantitative estimate of drug-likeness (QED) is 0.781. The van der Waals surface area contributed by atoms with E-state index in [9.17, 15) is 22.0 Å². The Hall–Kier alpha value is -1.58. The van der Waals surface area contributed by atoms with Crippen molar-refractivity contribution in [3.8, 4) is 0 Å². The summed E-state index contributed by atoms with van der Waals surface area (Å²) in [6.45, 7) is -0.664. The number of nitrogens with zero attached hydrogens (tertiary/aromatic N) is 1. The zero-order chi connectivity index (χ0) is 16.0. The molecule has 0 atom stereocenters. The van der Waals surface area contributed by atoms with Gasteiger partial charge in [-0.15, -0.1) is 0 Å². The first kappa shape index (κ1) is 17.5. The summed E-state index contributed by atoms with van der Waals surface area (Å²) >= 11 is 0. The Bertz CT molecular complexity index is 575. The van der Waals surface area contributed by atoms with Crippen molar-refractivity contribution in [2.24, 2.45) is 0 Å². The van der Waals surface area contributed by atoms with Gasteiger partial charge >= 0.3 is 0 Å². The molecule has 0 saturated heterocycles. The molecule has 2 N–H and O–H groups in total. The van der Waals surface area contributed by atoms with Crippen LogP contribution in [-0.4, -0.2) is 49.9 Å². The summed E-state index contributed by atoms with van der Waals surface area (Å²) < 4.78 is 49.7. The van der Waals surface area contributed by atoms with Gasteiger partial charge < -0.3 is 10.4 Å². The van der Waals surface area contributed by atoms with Crippen molar-refractivity contribution in [3.05, 3.63) is 24.3 Å². The molecule has 1 aromatic rings. The largest absolute Gasteiger partial charge is 0.395 e. The minimum absolute atomic E-state index is 0.189. The standard InChI is InChI=1S/C12H16F2N2O4S/c1-9(18)15-10-2-4-11(5-3-10)21(19,20)16(6-7-17)8-12(13)14/h2-5,12,17H,6-8H2,1H3,(H,15,18). The number of aliphatic hydroxyl groups is 1. The molecule has 0 aromatic heterocycles. The fourth-order valence-electron chi connectivity index (χ4n) is 1.64. The summed E-state index contributed by atoms with van der Waals surface area (Å²) in [5.41, 5.74) is 0.393. The first-order valence-corrected chi connectivity index (χ1v) is 7.48. The van der Waals surface area contributed by atoms with E-state index in [0.29, 0.717) is 9.99 Å². The fraction of sp³-hybridized carbons (Fsp3) is 0.417. The number of alkyl halides is 2. The number of carbonyl (C=O) groups excluding carboxylic acids is 1. The number of aliphatic hydroxyl groups excluding tert-OH is 1. The van der Waals surface area contributed by atoms with E-state index in [0.717, 1.165) is 0 Å². The molecule has 0 unspecified atom stereocenters. The average molecular weight is 322 g/mol. The summed E-state index contributed by atoms with van der Waals surface area (Å²) in [5, 5.41) is 11.3. The molecule has 0 radical (unpaired) electrons. The van der Waals surface area contributed by atoms with Crippen LogP contribution in [-0.2, 0) is 14.8 Å². The molecule has 6 nitrogen and oxygen atoms in total. The van der Waals surface area contributed by atoms with E-state index in [1.165, 1.54) is 31.2 Å². The number of halogens is 2. The fourth-order valence-corrected chi connectivity index (χ4v) is 3.05. The van der Waals surface area contributed by atoms with Crippen molar-refractivity contribution in [1.82, 2.24) is 4.31 Å². The number of sulfonamides is 1. The van der Waals surface area contributed by atoms with Crippen LogP contribution in [0.1, 0.15) is 6.92 Å². The Morgan fingerprint density at radius 2 is 1.90 bits per heavy atom. The molecule has 21 heavy (non-hydrogen) atoms. The van der Waals surface area contributed by atoms with Crippen molar-refractivity contribution in [2.45, 2.75) is 18.2 Å². The molecule has 0 aliphatic rings. The molecule has 9 heteroatoms. The highest BCUT2D eigenvalue weighted by Gasteiger charge is 2.26. The topological polar surface area (TPSA) is 86.7 Å². The van der Waals surface area contributed by atoms with Gasteiger partial charge in [0.2, 0.25) is 15.9 Å². The van der Waals surface area contributed by atoms with E-state index >= 15 is 0 Å². The number of carbonyl (C=O) groups is 1. The SMILES string of the molecule is CC(=O)Nc1ccc(S(=O)(=O)N(CCO)CC(F)F)cc1. The molecule has 0 fully saturated rings. The van der Waals surface area contributed by atoms with Crippen molar-refractivity contribution >= 4 is 21.6 Å². The number of benzene rings is 1. The van der Waals surface area contributed by atoms with Crippen molar-refractivity contribution in [2.75, 3.05) is 25.0 Å². The Morgan fingerprint density at radius 3 is 2.33 bits per heavy atom. The molecule has 118 valence electrons. The molecule has 0 aliphatic heterocycles. The predicted octanol–water partition coefficient (Wildman–Crippen LogP) is 0.893. The van der Waals surface area contributed by atoms with Crippen molar-refractivity contribution < 1.29 is 27.1 Å². The van der Waals surface area contributed by atoms with Crippen molar-refractivity contribution in [3.63, 3.8) is 0 Å². The third-order valence-corrected chi connectivity index (χ3v) is 4.38. The van der Waals surface area contributed by atoms with Crippen LogP contribution in [0.3, 0.4) is 0 Å². The second-order valence-electron chi connectivity index (χ2n) is 4.18. The minimum Gasteiger partial charge on any atom is -0.395 e. The van der Waals surface area contributed by atoms with Crippen LogP contribution in [0.25, 0.3) is 0 Å². The molecule has 1 amide bonds. The summed E-state index contributed by atoms with van der Waals surface area (Å²) in [6, 6.07) is 5.12. The lowest BCUT2D eigenvalue weighted by atomic mass is 10.3. The van der Waals surface area contributed by atoms with E-state index in [2.05, 4.69) is 5.32 Å². The first-order valence-electron chi connectivity index (χ1n) is 6.04. The smallest absolute Gasteiger partial charge is 0.252 e. The number of hydrogen-bond donors (Lipinski definition) is 2. The molecule has 1 rings (SSSR count). The average Bonchev–Trinajstić information content (AvgIpc) is 2.37. The van der Waals surface area contributed by atoms with E-state index in [-0.39, 0.29) is 10.8 Å². The third kappa shape index (κ3) is 5.03. The second-order valence-corrected chi connectivity index (χ2v) is 6.12. The lowest BCUT2D eigenvalue weighted by Crippen LogP contribution is -2.37. The van der Waals surface area contributed by atoms with E-state index in [4.69, 9.17) is 5.11 Å². The Labute approximate surface area is 121 Å². The Kier molecular flexibility index (Phi) is 6.19. The van der Waals surface area contributed by atoms with Crippen LogP contribution in [0.4, 0.5) is 14.5 Å². The van der Waals surface area contributed by atoms with Gasteiger partial charge in [-0.1, -0.05) is 0 Å². The van der Waals surface area contributed by atoms with Gasteiger partial charge in [-0.25, -0.2) is 17.2 Å². The van der Waals surface area contributed by atoms with E-state index in [1.807, 2.05) is 0 Å². The first-order chi connectivity index (χ1) is 9.77. The van der Waals surface area contributed by atoms with Gasteiger partial charge in [0.25, 0.3) is 6.43 Å². The summed E-state index contributed by atoms with van der Waals surface area (Å²) in [6.07, 6.45) is -2.84. The molecule has 0 saturated carbocycles. The summed E-state index contributed by atoms with van der Waals surface area (Å²) in [4.78, 5) is 10.7. The zero-order valence-corrected chi connectivity index (χ0v) is 12.1. The van der Waals surface area contributed by atoms with Crippen LogP contribution >= 0.6 is 0 Å². The van der Waals surface area contributed by atoms with Crippen LogP contribution in [0.2, 0.25) is 0 Å². The molecule has 0 bridgehead atoms. The number of rotatable bonds is 7. The number of anilines is 1. The van der Waals surface area contributed by atoms with Crippen LogP contribution in [0.5, 0.6) is 0 Å². The van der Waals surface area contributed by atoms with E-state index in [1.54, 1.807) is 0 Å². The highest BCUT2D eigenvalue weighted by Crippen LogP contribution is 2.19. The van der Waals surface area contributed by atoms with Crippen LogP contribution < -0.4 is 5.32 Å². The second kappa shape index (κ2) is 7.43. The van der Waals surface area contributed by atoms with Gasteiger partial charge in [0.15, 0.2) is 0 Å². The molecule has 0 aliphatic carbocycles. The number of amides is 1. The Morgan fingerprint density at radius 1 is 1.33 bits per heavy atom. The molecular weight excluding hydrogens is 306 g/mol. The molecule has 1 aromatic carbocycles. The lowest BCUT2D eigenvalue weighted by Gasteiger charge is -2.20. The third-order valence-electron chi connectivity index (χ3n) is 2.50. The molecule has 0 spiro atoms. The zero-order valence-electron chi connectivity index (χ0n) is 11.3. The predicted molar refractivity (Wildman–Crippen MR) is 72.6 cm³/mol. The Balaban J connectivity index is 3.01. The maximum Gasteiger partial charge on any atom is 0.252 e.